The molecule has 0 bridgehead atoms. The lowest BCUT2D eigenvalue weighted by molar-refractivity contribution is -0.137. The van der Waals surface area contributed by atoms with Gasteiger partial charge in [-0.25, -0.2) is 15.0 Å². The Labute approximate surface area is 228 Å². The molecule has 0 aliphatic carbocycles. The molecule has 2 atom stereocenters. The Morgan fingerprint density at radius 1 is 1.20 bits per heavy atom. The number of carbonyl (C=O) groups is 1. The van der Waals surface area contributed by atoms with E-state index in [9.17, 15) is 23.2 Å². The molecule has 1 aliphatic heterocycles. The van der Waals surface area contributed by atoms with Gasteiger partial charge in [0.05, 0.1) is 23.0 Å². The minimum Gasteiger partial charge on any atom is -0.351 e. The van der Waals surface area contributed by atoms with Crippen LogP contribution in [-0.2, 0) is 11.0 Å². The molecule has 1 aliphatic rings. The predicted molar refractivity (Wildman–Crippen MR) is 143 cm³/mol. The number of hydrogen-bond donors (Lipinski definition) is 3. The van der Waals surface area contributed by atoms with Crippen LogP contribution in [0.2, 0.25) is 0 Å². The highest BCUT2D eigenvalue weighted by Crippen LogP contribution is 2.35. The van der Waals surface area contributed by atoms with Crippen LogP contribution in [0.15, 0.2) is 55.0 Å². The molecule has 0 saturated carbocycles. The molecule has 12 heteroatoms. The van der Waals surface area contributed by atoms with Gasteiger partial charge in [0.1, 0.15) is 17.8 Å². The van der Waals surface area contributed by atoms with Crippen molar-refractivity contribution in [1.29, 1.82) is 5.26 Å². The van der Waals surface area contributed by atoms with Gasteiger partial charge in [0.2, 0.25) is 11.9 Å². The van der Waals surface area contributed by atoms with Gasteiger partial charge >= 0.3 is 6.18 Å². The molecule has 3 aromatic heterocycles. The number of hydrogen-bond acceptors (Lipinski definition) is 7. The fraction of sp³-hybridized carbons (Fsp3) is 0.321. The number of piperidine rings is 1. The molecule has 4 N–H and O–H groups in total. The number of aromatic nitrogens is 4. The molecule has 0 spiro atoms. The summed E-state index contributed by atoms with van der Waals surface area (Å²) in [5.41, 5.74) is 6.99. The summed E-state index contributed by atoms with van der Waals surface area (Å²) in [5.74, 6) is 0.360. The first-order chi connectivity index (χ1) is 19.2. The van der Waals surface area contributed by atoms with Crippen molar-refractivity contribution in [3.05, 3.63) is 71.7 Å². The lowest BCUT2D eigenvalue weighted by Crippen LogP contribution is -2.45. The largest absolute Gasteiger partial charge is 0.417 e. The normalized spacial score (nSPS) is 15.9. The number of nitriles is 1. The van der Waals surface area contributed by atoms with E-state index in [-0.39, 0.29) is 46.1 Å². The molecule has 4 heterocycles. The highest BCUT2D eigenvalue weighted by molar-refractivity contribution is 5.94. The zero-order valence-electron chi connectivity index (χ0n) is 21.6. The standard InChI is InChI=1S/C28H27F3N8O/c1-16(17-7-9-39(10-8-17)26(40)23(33)18-5-3-2-4-6-18)37-27-36-13-19(12-32)24(38-27)22-15-35-25-21(22)11-20(14-34-25)28(29,30)31/h2-6,11,13-17,23H,7-10,33H2,1H3,(H,34,35)(H,36,37,38)/t16-,23?/m1/s1. The van der Waals surface area contributed by atoms with E-state index in [1.54, 1.807) is 4.90 Å². The lowest BCUT2D eigenvalue weighted by atomic mass is 9.90. The third-order valence-electron chi connectivity index (χ3n) is 7.36. The van der Waals surface area contributed by atoms with Crippen molar-refractivity contribution < 1.29 is 18.0 Å². The van der Waals surface area contributed by atoms with E-state index in [0.29, 0.717) is 18.7 Å². The Morgan fingerprint density at radius 3 is 2.60 bits per heavy atom. The van der Waals surface area contributed by atoms with Crippen LogP contribution in [0, 0.1) is 17.2 Å². The van der Waals surface area contributed by atoms with Crippen molar-refractivity contribution in [2.75, 3.05) is 18.4 Å². The molecule has 1 amide bonds. The van der Waals surface area contributed by atoms with E-state index >= 15 is 0 Å². The van der Waals surface area contributed by atoms with Crippen molar-refractivity contribution >= 4 is 22.9 Å². The van der Waals surface area contributed by atoms with Crippen LogP contribution < -0.4 is 11.1 Å². The highest BCUT2D eigenvalue weighted by atomic mass is 19.4. The summed E-state index contributed by atoms with van der Waals surface area (Å²) in [6.07, 6.45) is 0.535. The van der Waals surface area contributed by atoms with Gasteiger partial charge < -0.3 is 20.9 Å². The number of carbonyl (C=O) groups excluding carboxylic acids is 1. The van der Waals surface area contributed by atoms with Crippen LogP contribution in [-0.4, -0.2) is 49.9 Å². The molecule has 1 unspecified atom stereocenters. The van der Waals surface area contributed by atoms with Crippen LogP contribution in [0.4, 0.5) is 19.1 Å². The van der Waals surface area contributed by atoms with Crippen molar-refractivity contribution in [1.82, 2.24) is 24.8 Å². The number of rotatable bonds is 6. The Morgan fingerprint density at radius 2 is 1.93 bits per heavy atom. The minimum atomic E-state index is -4.56. The van der Waals surface area contributed by atoms with E-state index in [0.717, 1.165) is 30.7 Å². The number of nitrogens with zero attached hydrogens (tertiary/aromatic N) is 5. The quantitative estimate of drug-likeness (QED) is 0.319. The first kappa shape index (κ1) is 27.1. The van der Waals surface area contributed by atoms with Gasteiger partial charge in [0.15, 0.2) is 0 Å². The number of likely N-dealkylation sites (tertiary alicyclic amines) is 1. The Balaban J connectivity index is 1.29. The van der Waals surface area contributed by atoms with Gasteiger partial charge in [-0.1, -0.05) is 30.3 Å². The van der Waals surface area contributed by atoms with Crippen LogP contribution in [0.1, 0.15) is 42.5 Å². The summed E-state index contributed by atoms with van der Waals surface area (Å²) in [6, 6.07) is 11.5. The Kier molecular flexibility index (Phi) is 7.40. The summed E-state index contributed by atoms with van der Waals surface area (Å²) < 4.78 is 39.9. The third-order valence-corrected chi connectivity index (χ3v) is 7.36. The molecule has 0 radical (unpaired) electrons. The van der Waals surface area contributed by atoms with Gasteiger partial charge in [-0.05, 0) is 37.3 Å². The number of fused-ring (bicyclic) bond motifs is 1. The molecule has 9 nitrogen and oxygen atoms in total. The van der Waals surface area contributed by atoms with Crippen LogP contribution >= 0.6 is 0 Å². The van der Waals surface area contributed by atoms with Crippen molar-refractivity contribution in [2.45, 2.75) is 38.0 Å². The number of halogens is 3. The molecule has 1 fully saturated rings. The summed E-state index contributed by atoms with van der Waals surface area (Å²) >= 11 is 0. The molecule has 1 saturated heterocycles. The topological polar surface area (TPSA) is 137 Å². The van der Waals surface area contributed by atoms with Crippen molar-refractivity contribution in [3.8, 4) is 17.3 Å². The molecular weight excluding hydrogens is 521 g/mol. The van der Waals surface area contributed by atoms with E-state index < -0.39 is 17.8 Å². The first-order valence-electron chi connectivity index (χ1n) is 12.8. The number of nitrogens with one attached hydrogen (secondary N) is 2. The molecule has 4 aromatic rings. The van der Waals surface area contributed by atoms with Crippen LogP contribution in [0.25, 0.3) is 22.3 Å². The molecule has 206 valence electrons. The van der Waals surface area contributed by atoms with Gasteiger partial charge in [-0.15, -0.1) is 0 Å². The summed E-state index contributed by atoms with van der Waals surface area (Å²) in [5, 5.41) is 13.1. The second-order valence-electron chi connectivity index (χ2n) is 9.87. The van der Waals surface area contributed by atoms with E-state index in [1.165, 1.54) is 12.4 Å². The second kappa shape index (κ2) is 10.9. The average Bonchev–Trinajstić information content (AvgIpc) is 3.40. The third kappa shape index (κ3) is 5.46. The average molecular weight is 549 g/mol. The maximum absolute atomic E-state index is 13.3. The van der Waals surface area contributed by atoms with Crippen LogP contribution in [0.5, 0.6) is 0 Å². The Hall–Kier alpha value is -4.50. The number of pyridine rings is 1. The number of nitrogens with two attached hydrogens (primary N) is 1. The number of H-pyrrole nitrogens is 1. The Bertz CT molecular complexity index is 1560. The maximum atomic E-state index is 13.3. The summed E-state index contributed by atoms with van der Waals surface area (Å²) in [6.45, 7) is 3.13. The number of alkyl halides is 3. The van der Waals surface area contributed by atoms with E-state index in [4.69, 9.17) is 5.73 Å². The van der Waals surface area contributed by atoms with Gasteiger partial charge in [-0.3, -0.25) is 4.79 Å². The van der Waals surface area contributed by atoms with E-state index in [2.05, 4.69) is 25.3 Å². The van der Waals surface area contributed by atoms with Crippen molar-refractivity contribution in [2.24, 2.45) is 11.7 Å². The second-order valence-corrected chi connectivity index (χ2v) is 9.87. The minimum absolute atomic E-state index is 0.0673. The van der Waals surface area contributed by atoms with Gasteiger partial charge in [-0.2, -0.15) is 18.4 Å². The number of aromatic amines is 1. The smallest absolute Gasteiger partial charge is 0.351 e. The lowest BCUT2D eigenvalue weighted by Gasteiger charge is -2.36. The first-order valence-corrected chi connectivity index (χ1v) is 12.8. The number of amides is 1. The van der Waals surface area contributed by atoms with Crippen molar-refractivity contribution in [3.63, 3.8) is 0 Å². The SMILES string of the molecule is C[C@@H](Nc1ncc(C#N)c(-c2c[nH]c3ncc(C(F)(F)F)cc23)n1)C1CCN(C(=O)C(N)c2ccccc2)CC1. The van der Waals surface area contributed by atoms with Crippen LogP contribution in [0.3, 0.4) is 0 Å². The van der Waals surface area contributed by atoms with Gasteiger partial charge in [0.25, 0.3) is 0 Å². The predicted octanol–water partition coefficient (Wildman–Crippen LogP) is 4.65. The zero-order valence-corrected chi connectivity index (χ0v) is 21.6. The summed E-state index contributed by atoms with van der Waals surface area (Å²) in [4.78, 5) is 30.2. The number of benzene rings is 1. The molecule has 5 rings (SSSR count). The molecule has 40 heavy (non-hydrogen) atoms. The molecular formula is C28H27F3N8O. The fourth-order valence-corrected chi connectivity index (χ4v) is 5.03. The van der Waals surface area contributed by atoms with E-state index in [1.807, 2.05) is 43.3 Å². The zero-order chi connectivity index (χ0) is 28.4. The number of anilines is 1. The molecule has 1 aromatic carbocycles. The van der Waals surface area contributed by atoms with Gasteiger partial charge in [0, 0.05) is 42.5 Å². The fourth-order valence-electron chi connectivity index (χ4n) is 5.03. The monoisotopic (exact) mass is 548 g/mol. The maximum Gasteiger partial charge on any atom is 0.417 e. The highest BCUT2D eigenvalue weighted by Gasteiger charge is 2.32. The summed E-state index contributed by atoms with van der Waals surface area (Å²) in [7, 11) is 0.